The first-order valence-electron chi connectivity index (χ1n) is 4.28. The van der Waals surface area contributed by atoms with Crippen LogP contribution in [0.2, 0.25) is 0 Å². The van der Waals surface area contributed by atoms with E-state index in [0.29, 0.717) is 11.0 Å². The normalized spacial score (nSPS) is 15.4. The Morgan fingerprint density at radius 1 is 1.62 bits per heavy atom. The average Bonchev–Trinajstić information content (AvgIpc) is 2.89. The van der Waals surface area contributed by atoms with Crippen LogP contribution in [0.25, 0.3) is 0 Å². The molecule has 1 aromatic rings. The molecule has 0 aliphatic heterocycles. The number of pyridine rings is 1. The molecular weight excluding hydrogens is 182 g/mol. The van der Waals surface area contributed by atoms with E-state index in [0.717, 1.165) is 11.3 Å². The van der Waals surface area contributed by atoms with Crippen molar-refractivity contribution in [1.82, 2.24) is 4.98 Å². The maximum Gasteiger partial charge on any atom is 0.106 e. The smallest absolute Gasteiger partial charge is 0.106 e. The van der Waals surface area contributed by atoms with Crippen LogP contribution in [0.1, 0.15) is 18.4 Å². The highest BCUT2D eigenvalue weighted by molar-refractivity contribution is 7.80. The maximum atomic E-state index is 5.57. The molecule has 1 saturated carbocycles. The Kier molecular flexibility index (Phi) is 2.14. The van der Waals surface area contributed by atoms with Gasteiger partial charge in [-0.15, -0.1) is 0 Å². The van der Waals surface area contributed by atoms with Crippen LogP contribution in [0.3, 0.4) is 0 Å². The lowest BCUT2D eigenvalue weighted by Gasteiger charge is -2.08. The molecule has 3 N–H and O–H groups in total. The highest BCUT2D eigenvalue weighted by Gasteiger charge is 2.22. The fourth-order valence-electron chi connectivity index (χ4n) is 1.17. The molecule has 3 nitrogen and oxygen atoms in total. The van der Waals surface area contributed by atoms with Crippen molar-refractivity contribution in [3.05, 3.63) is 24.0 Å². The van der Waals surface area contributed by atoms with Crippen molar-refractivity contribution in [2.24, 2.45) is 5.73 Å². The molecule has 0 spiro atoms. The Hall–Kier alpha value is -1.16. The second-order valence-electron chi connectivity index (χ2n) is 3.20. The van der Waals surface area contributed by atoms with Crippen molar-refractivity contribution in [3.8, 4) is 0 Å². The zero-order valence-electron chi connectivity index (χ0n) is 7.16. The van der Waals surface area contributed by atoms with Gasteiger partial charge in [0, 0.05) is 17.8 Å². The van der Waals surface area contributed by atoms with Gasteiger partial charge in [0.15, 0.2) is 0 Å². The topological polar surface area (TPSA) is 50.9 Å². The molecule has 0 amide bonds. The number of hydrogen-bond donors (Lipinski definition) is 2. The van der Waals surface area contributed by atoms with Crippen molar-refractivity contribution in [2.75, 3.05) is 5.32 Å². The molecule has 1 heterocycles. The molecule has 1 aliphatic rings. The number of thiocarbonyl (C=S) groups is 1. The van der Waals surface area contributed by atoms with E-state index >= 15 is 0 Å². The number of anilines is 1. The summed E-state index contributed by atoms with van der Waals surface area (Å²) in [6, 6.07) is 2.44. The van der Waals surface area contributed by atoms with Crippen LogP contribution in [0, 0.1) is 0 Å². The first-order valence-corrected chi connectivity index (χ1v) is 4.68. The molecule has 0 unspecified atom stereocenters. The summed E-state index contributed by atoms with van der Waals surface area (Å²) in [5.41, 5.74) is 7.42. The highest BCUT2D eigenvalue weighted by atomic mass is 32.1. The Balaban J connectivity index is 2.25. The fraction of sp³-hybridized carbons (Fsp3) is 0.333. The van der Waals surface area contributed by atoms with E-state index in [1.54, 1.807) is 12.4 Å². The Morgan fingerprint density at radius 3 is 3.00 bits per heavy atom. The summed E-state index contributed by atoms with van der Waals surface area (Å²) < 4.78 is 0. The third-order valence-corrected chi connectivity index (χ3v) is 2.24. The van der Waals surface area contributed by atoms with Crippen LogP contribution < -0.4 is 11.1 Å². The zero-order valence-corrected chi connectivity index (χ0v) is 7.97. The van der Waals surface area contributed by atoms with Crippen LogP contribution in [-0.4, -0.2) is 16.0 Å². The van der Waals surface area contributed by atoms with E-state index < -0.39 is 0 Å². The summed E-state index contributed by atoms with van der Waals surface area (Å²) in [6.45, 7) is 0. The minimum atomic E-state index is 0.422. The molecule has 0 bridgehead atoms. The van der Waals surface area contributed by atoms with Crippen LogP contribution in [0.5, 0.6) is 0 Å². The summed E-state index contributed by atoms with van der Waals surface area (Å²) in [4.78, 5) is 4.45. The Labute approximate surface area is 82.4 Å². The third-order valence-electron chi connectivity index (χ3n) is 2.02. The summed E-state index contributed by atoms with van der Waals surface area (Å²) in [5.74, 6) is 0. The molecule has 68 valence electrons. The minimum Gasteiger partial charge on any atom is -0.389 e. The zero-order chi connectivity index (χ0) is 9.26. The molecule has 2 rings (SSSR count). The quantitative estimate of drug-likeness (QED) is 0.710. The summed E-state index contributed by atoms with van der Waals surface area (Å²) in [5, 5.41) is 3.34. The van der Waals surface area contributed by atoms with Crippen LogP contribution in [0.15, 0.2) is 18.5 Å². The molecule has 0 saturated heterocycles. The SMILES string of the molecule is NC(=S)c1ccncc1NC1CC1. The third kappa shape index (κ3) is 1.95. The van der Waals surface area contributed by atoms with Gasteiger partial charge in [0.25, 0.3) is 0 Å². The lowest BCUT2D eigenvalue weighted by molar-refractivity contribution is 1.14. The summed E-state index contributed by atoms with van der Waals surface area (Å²) >= 11 is 4.93. The van der Waals surface area contributed by atoms with Crippen LogP contribution >= 0.6 is 12.2 Å². The first kappa shape index (κ1) is 8.44. The van der Waals surface area contributed by atoms with Crippen molar-refractivity contribution >= 4 is 22.9 Å². The molecule has 4 heteroatoms. The van der Waals surface area contributed by atoms with Crippen molar-refractivity contribution < 1.29 is 0 Å². The molecule has 0 radical (unpaired) electrons. The Morgan fingerprint density at radius 2 is 2.38 bits per heavy atom. The fourth-order valence-corrected chi connectivity index (χ4v) is 1.35. The van der Waals surface area contributed by atoms with Gasteiger partial charge in [-0.2, -0.15) is 0 Å². The number of hydrogen-bond acceptors (Lipinski definition) is 3. The number of aromatic nitrogens is 1. The van der Waals surface area contributed by atoms with Gasteiger partial charge in [-0.25, -0.2) is 0 Å². The van der Waals surface area contributed by atoms with Gasteiger partial charge >= 0.3 is 0 Å². The van der Waals surface area contributed by atoms with Gasteiger partial charge in [-0.05, 0) is 18.9 Å². The number of nitrogens with two attached hydrogens (primary N) is 1. The van der Waals surface area contributed by atoms with Crippen molar-refractivity contribution in [1.29, 1.82) is 0 Å². The molecule has 1 fully saturated rings. The summed E-state index contributed by atoms with van der Waals surface area (Å²) in [7, 11) is 0. The average molecular weight is 193 g/mol. The van der Waals surface area contributed by atoms with Crippen molar-refractivity contribution in [3.63, 3.8) is 0 Å². The standard InChI is InChI=1S/C9H11N3S/c10-9(13)7-3-4-11-5-8(7)12-6-1-2-6/h3-6,12H,1-2H2,(H2,10,13). The van der Waals surface area contributed by atoms with Gasteiger partial charge in [-0.1, -0.05) is 12.2 Å². The minimum absolute atomic E-state index is 0.422. The molecule has 13 heavy (non-hydrogen) atoms. The van der Waals surface area contributed by atoms with E-state index in [1.165, 1.54) is 12.8 Å². The molecular formula is C9H11N3S. The van der Waals surface area contributed by atoms with Crippen LogP contribution in [-0.2, 0) is 0 Å². The second kappa shape index (κ2) is 3.30. The molecule has 0 aromatic carbocycles. The van der Waals surface area contributed by atoms with Gasteiger partial charge in [-0.3, -0.25) is 4.98 Å². The van der Waals surface area contributed by atoms with Gasteiger partial charge in [0.2, 0.25) is 0 Å². The Bertz CT molecular complexity index is 333. The second-order valence-corrected chi connectivity index (χ2v) is 3.64. The number of rotatable bonds is 3. The van der Waals surface area contributed by atoms with Gasteiger partial charge < -0.3 is 11.1 Å². The van der Waals surface area contributed by atoms with Crippen molar-refractivity contribution in [2.45, 2.75) is 18.9 Å². The predicted molar refractivity (Wildman–Crippen MR) is 56.8 cm³/mol. The summed E-state index contributed by atoms with van der Waals surface area (Å²) in [6.07, 6.45) is 5.93. The first-order chi connectivity index (χ1) is 6.27. The maximum absolute atomic E-state index is 5.57. The predicted octanol–water partition coefficient (Wildman–Crippen LogP) is 1.29. The molecule has 1 aromatic heterocycles. The highest BCUT2D eigenvalue weighted by Crippen LogP contribution is 2.25. The van der Waals surface area contributed by atoms with E-state index in [9.17, 15) is 0 Å². The number of nitrogens with one attached hydrogen (secondary N) is 1. The largest absolute Gasteiger partial charge is 0.389 e. The van der Waals surface area contributed by atoms with Crippen LogP contribution in [0.4, 0.5) is 5.69 Å². The number of nitrogens with zero attached hydrogens (tertiary/aromatic N) is 1. The lowest BCUT2D eigenvalue weighted by Crippen LogP contribution is -2.14. The van der Waals surface area contributed by atoms with Gasteiger partial charge in [0.1, 0.15) is 4.99 Å². The molecule has 1 aliphatic carbocycles. The van der Waals surface area contributed by atoms with E-state index in [1.807, 2.05) is 6.07 Å². The lowest BCUT2D eigenvalue weighted by atomic mass is 10.2. The monoisotopic (exact) mass is 193 g/mol. The van der Waals surface area contributed by atoms with Gasteiger partial charge in [0.05, 0.1) is 11.9 Å². The molecule has 0 atom stereocenters. The van der Waals surface area contributed by atoms with E-state index in [4.69, 9.17) is 18.0 Å². The van der Waals surface area contributed by atoms with E-state index in [-0.39, 0.29) is 0 Å². The van der Waals surface area contributed by atoms with E-state index in [2.05, 4.69) is 10.3 Å².